The van der Waals surface area contributed by atoms with Crippen LogP contribution in [-0.2, 0) is 17.9 Å². The summed E-state index contributed by atoms with van der Waals surface area (Å²) in [5.41, 5.74) is 9.82. The van der Waals surface area contributed by atoms with Crippen molar-refractivity contribution >= 4 is 11.6 Å². The van der Waals surface area contributed by atoms with Crippen molar-refractivity contribution in [2.45, 2.75) is 40.8 Å². The largest absolute Gasteiger partial charge is 0.396 e. The molecule has 1 amide bonds. The Morgan fingerprint density at radius 2 is 1.95 bits per heavy atom. The molecule has 2 N–H and O–H groups in total. The third-order valence-corrected chi connectivity index (χ3v) is 3.72. The van der Waals surface area contributed by atoms with Crippen LogP contribution in [0, 0.1) is 27.7 Å². The van der Waals surface area contributed by atoms with Crippen LogP contribution in [0.15, 0.2) is 4.52 Å². The SMILES string of the molecule is Cc1nn(CC(=O)N(C)Cc2c(C)noc2C)c(C)c1N. The summed E-state index contributed by atoms with van der Waals surface area (Å²) >= 11 is 0. The van der Waals surface area contributed by atoms with E-state index in [1.54, 1.807) is 16.6 Å². The Balaban J connectivity index is 2.08. The van der Waals surface area contributed by atoms with Crippen LogP contribution in [0.4, 0.5) is 5.69 Å². The maximum Gasteiger partial charge on any atom is 0.244 e. The van der Waals surface area contributed by atoms with E-state index in [4.69, 9.17) is 10.3 Å². The average molecular weight is 291 g/mol. The van der Waals surface area contributed by atoms with Gasteiger partial charge >= 0.3 is 0 Å². The van der Waals surface area contributed by atoms with Gasteiger partial charge in [-0.25, -0.2) is 0 Å². The highest BCUT2D eigenvalue weighted by molar-refractivity contribution is 5.76. The highest BCUT2D eigenvalue weighted by atomic mass is 16.5. The summed E-state index contributed by atoms with van der Waals surface area (Å²) in [5, 5.41) is 8.17. The van der Waals surface area contributed by atoms with Gasteiger partial charge in [0.25, 0.3) is 0 Å². The van der Waals surface area contributed by atoms with Crippen molar-refractivity contribution in [2.75, 3.05) is 12.8 Å². The second-order valence-corrected chi connectivity index (χ2v) is 5.29. The first-order chi connectivity index (χ1) is 9.81. The Kier molecular flexibility index (Phi) is 4.02. The Labute approximate surface area is 123 Å². The van der Waals surface area contributed by atoms with Gasteiger partial charge in [0.15, 0.2) is 0 Å². The van der Waals surface area contributed by atoms with Gasteiger partial charge in [-0.3, -0.25) is 9.48 Å². The Hall–Kier alpha value is -2.31. The number of hydrogen-bond donors (Lipinski definition) is 1. The fourth-order valence-corrected chi connectivity index (χ4v) is 2.17. The molecule has 0 bridgehead atoms. The number of nitrogens with two attached hydrogens (primary N) is 1. The number of likely N-dealkylation sites (N-methyl/N-ethyl adjacent to an activating group) is 1. The van der Waals surface area contributed by atoms with Crippen molar-refractivity contribution in [1.82, 2.24) is 19.8 Å². The number of carbonyl (C=O) groups excluding carboxylic acids is 1. The van der Waals surface area contributed by atoms with Gasteiger partial charge in [-0.05, 0) is 27.7 Å². The molecule has 2 heterocycles. The van der Waals surface area contributed by atoms with Crippen molar-refractivity contribution in [3.8, 4) is 0 Å². The summed E-state index contributed by atoms with van der Waals surface area (Å²) in [6.45, 7) is 8.04. The van der Waals surface area contributed by atoms with Crippen LogP contribution in [0.5, 0.6) is 0 Å². The third-order valence-electron chi connectivity index (χ3n) is 3.72. The van der Waals surface area contributed by atoms with Gasteiger partial charge in [0.1, 0.15) is 12.3 Å². The van der Waals surface area contributed by atoms with E-state index in [0.717, 1.165) is 28.4 Å². The molecule has 0 aliphatic carbocycles. The first-order valence-electron chi connectivity index (χ1n) is 6.76. The molecule has 0 aliphatic rings. The lowest BCUT2D eigenvalue weighted by Crippen LogP contribution is -2.30. The van der Waals surface area contributed by atoms with Crippen molar-refractivity contribution in [3.63, 3.8) is 0 Å². The summed E-state index contributed by atoms with van der Waals surface area (Å²) in [7, 11) is 1.75. The van der Waals surface area contributed by atoms with Crippen LogP contribution in [-0.4, -0.2) is 32.8 Å². The Bertz CT molecular complexity index is 652. The van der Waals surface area contributed by atoms with E-state index in [-0.39, 0.29) is 12.5 Å². The number of aryl methyl sites for hydroxylation is 3. The summed E-state index contributed by atoms with van der Waals surface area (Å²) in [5.74, 6) is 0.697. The molecule has 0 spiro atoms. The molecule has 21 heavy (non-hydrogen) atoms. The monoisotopic (exact) mass is 291 g/mol. The molecule has 2 rings (SSSR count). The minimum atomic E-state index is -0.0411. The van der Waals surface area contributed by atoms with Gasteiger partial charge in [-0.2, -0.15) is 5.10 Å². The van der Waals surface area contributed by atoms with E-state index in [2.05, 4.69) is 10.3 Å². The molecule has 0 saturated carbocycles. The minimum absolute atomic E-state index is 0.0411. The lowest BCUT2D eigenvalue weighted by molar-refractivity contribution is -0.131. The van der Waals surface area contributed by atoms with Crippen LogP contribution >= 0.6 is 0 Å². The number of amides is 1. The first kappa shape index (κ1) is 15.1. The summed E-state index contributed by atoms with van der Waals surface area (Å²) < 4.78 is 6.75. The van der Waals surface area contributed by atoms with Gasteiger partial charge < -0.3 is 15.2 Å². The molecule has 0 radical (unpaired) electrons. The predicted molar refractivity (Wildman–Crippen MR) is 78.6 cm³/mol. The maximum atomic E-state index is 12.3. The average Bonchev–Trinajstić information content (AvgIpc) is 2.87. The third kappa shape index (κ3) is 2.91. The standard InChI is InChI=1S/C14H21N5O2/c1-8-12(11(4)21-17-8)6-18(5)13(20)7-19-10(3)14(15)9(2)16-19/h6-7,15H2,1-5H3. The first-order valence-corrected chi connectivity index (χ1v) is 6.76. The van der Waals surface area contributed by atoms with E-state index in [9.17, 15) is 4.79 Å². The van der Waals surface area contributed by atoms with Crippen LogP contribution in [0.25, 0.3) is 0 Å². The molecule has 7 heteroatoms. The number of hydrogen-bond acceptors (Lipinski definition) is 5. The van der Waals surface area contributed by atoms with E-state index in [1.165, 1.54) is 0 Å². The van der Waals surface area contributed by atoms with Gasteiger partial charge in [-0.15, -0.1) is 0 Å². The van der Waals surface area contributed by atoms with Crippen molar-refractivity contribution in [1.29, 1.82) is 0 Å². The molecule has 0 aliphatic heterocycles. The van der Waals surface area contributed by atoms with Crippen LogP contribution in [0.2, 0.25) is 0 Å². The van der Waals surface area contributed by atoms with Crippen molar-refractivity contribution in [3.05, 3.63) is 28.4 Å². The quantitative estimate of drug-likeness (QED) is 0.918. The fraction of sp³-hybridized carbons (Fsp3) is 0.500. The smallest absolute Gasteiger partial charge is 0.244 e. The zero-order chi connectivity index (χ0) is 15.7. The molecular weight excluding hydrogens is 270 g/mol. The molecule has 7 nitrogen and oxygen atoms in total. The van der Waals surface area contributed by atoms with Gasteiger partial charge in [0.05, 0.1) is 29.3 Å². The molecule has 2 aromatic rings. The molecule has 0 aromatic carbocycles. The summed E-state index contributed by atoms with van der Waals surface area (Å²) in [4.78, 5) is 13.9. The van der Waals surface area contributed by atoms with Crippen LogP contribution in [0.3, 0.4) is 0 Å². The Morgan fingerprint density at radius 1 is 1.29 bits per heavy atom. The summed E-state index contributed by atoms with van der Waals surface area (Å²) in [6, 6.07) is 0. The number of aromatic nitrogens is 3. The van der Waals surface area contributed by atoms with Crippen molar-refractivity contribution in [2.24, 2.45) is 0 Å². The predicted octanol–water partition coefficient (Wildman–Crippen LogP) is 1.35. The fourth-order valence-electron chi connectivity index (χ4n) is 2.17. The van der Waals surface area contributed by atoms with Crippen LogP contribution in [0.1, 0.15) is 28.4 Å². The van der Waals surface area contributed by atoms with E-state index in [0.29, 0.717) is 12.2 Å². The molecule has 0 atom stereocenters. The molecule has 2 aromatic heterocycles. The van der Waals surface area contributed by atoms with E-state index in [1.807, 2.05) is 27.7 Å². The van der Waals surface area contributed by atoms with Crippen LogP contribution < -0.4 is 5.73 Å². The second kappa shape index (κ2) is 5.59. The van der Waals surface area contributed by atoms with E-state index < -0.39 is 0 Å². The zero-order valence-electron chi connectivity index (χ0n) is 13.1. The topological polar surface area (TPSA) is 90.2 Å². The minimum Gasteiger partial charge on any atom is -0.396 e. The molecule has 0 fully saturated rings. The lowest BCUT2D eigenvalue weighted by Gasteiger charge is -2.17. The number of anilines is 1. The molecular formula is C14H21N5O2. The summed E-state index contributed by atoms with van der Waals surface area (Å²) in [6.07, 6.45) is 0. The molecule has 114 valence electrons. The van der Waals surface area contributed by atoms with Gasteiger partial charge in [-0.1, -0.05) is 5.16 Å². The zero-order valence-corrected chi connectivity index (χ0v) is 13.1. The molecule has 0 saturated heterocycles. The second-order valence-electron chi connectivity index (χ2n) is 5.29. The van der Waals surface area contributed by atoms with Crippen molar-refractivity contribution < 1.29 is 9.32 Å². The normalized spacial score (nSPS) is 10.9. The number of nitrogen functional groups attached to an aromatic ring is 1. The van der Waals surface area contributed by atoms with Gasteiger partial charge in [0, 0.05) is 12.6 Å². The number of rotatable bonds is 4. The highest BCUT2D eigenvalue weighted by Gasteiger charge is 2.17. The Morgan fingerprint density at radius 3 is 2.43 bits per heavy atom. The lowest BCUT2D eigenvalue weighted by atomic mass is 10.2. The number of carbonyl (C=O) groups is 1. The highest BCUT2D eigenvalue weighted by Crippen LogP contribution is 2.16. The maximum absolute atomic E-state index is 12.3. The molecule has 0 unspecified atom stereocenters. The van der Waals surface area contributed by atoms with Gasteiger partial charge in [0.2, 0.25) is 5.91 Å². The van der Waals surface area contributed by atoms with E-state index >= 15 is 0 Å². The number of nitrogens with zero attached hydrogens (tertiary/aromatic N) is 4.